The first-order chi connectivity index (χ1) is 16.0. The average molecular weight is 526 g/mol. The highest BCUT2D eigenvalue weighted by atomic mass is 35.5. The molecule has 0 aliphatic carbocycles. The van der Waals surface area contributed by atoms with Gasteiger partial charge in [0.1, 0.15) is 29.0 Å². The molecule has 1 aromatic heterocycles. The SMILES string of the molecule is CCCCSc1nc2c(c(SC)n1)C1=NC(=COc3ccc(Cl)cc3Cl)NN1C(CCC)N2. The van der Waals surface area contributed by atoms with Crippen LogP contribution in [0.3, 0.4) is 0 Å². The number of hydrogen-bond acceptors (Lipinski definition) is 9. The molecular weight excluding hydrogens is 499 g/mol. The number of fused-ring (bicyclic) bond motifs is 3. The molecule has 1 atom stereocenters. The molecule has 0 saturated carbocycles. The van der Waals surface area contributed by atoms with Gasteiger partial charge in [-0.15, -0.1) is 11.8 Å². The quantitative estimate of drug-likeness (QED) is 0.128. The zero-order valence-corrected chi connectivity index (χ0v) is 21.8. The van der Waals surface area contributed by atoms with Crippen molar-refractivity contribution in [1.29, 1.82) is 0 Å². The van der Waals surface area contributed by atoms with Gasteiger partial charge < -0.3 is 10.1 Å². The van der Waals surface area contributed by atoms with Gasteiger partial charge in [0.15, 0.2) is 16.8 Å². The topological polar surface area (TPSA) is 74.7 Å². The van der Waals surface area contributed by atoms with Crippen LogP contribution in [-0.2, 0) is 0 Å². The van der Waals surface area contributed by atoms with Crippen LogP contribution in [0.5, 0.6) is 5.75 Å². The second-order valence-corrected chi connectivity index (χ2v) is 10.2. The number of thioether (sulfide) groups is 2. The maximum atomic E-state index is 6.23. The zero-order valence-electron chi connectivity index (χ0n) is 18.7. The average Bonchev–Trinajstić information content (AvgIpc) is 3.23. The third kappa shape index (κ3) is 5.48. The molecule has 2 aliphatic heterocycles. The molecule has 0 fully saturated rings. The third-order valence-corrected chi connectivity index (χ3v) is 7.21. The lowest BCUT2D eigenvalue weighted by atomic mass is 10.1. The van der Waals surface area contributed by atoms with Gasteiger partial charge in [0, 0.05) is 10.8 Å². The summed E-state index contributed by atoms with van der Waals surface area (Å²) in [5.41, 5.74) is 4.24. The van der Waals surface area contributed by atoms with Crippen molar-refractivity contribution in [3.05, 3.63) is 45.9 Å². The summed E-state index contributed by atoms with van der Waals surface area (Å²) >= 11 is 15.5. The van der Waals surface area contributed by atoms with Gasteiger partial charge in [-0.25, -0.2) is 20.0 Å². The van der Waals surface area contributed by atoms with Crippen molar-refractivity contribution in [1.82, 2.24) is 20.4 Å². The Balaban J connectivity index is 1.66. The molecular formula is C22H26Cl2N6OS2. The van der Waals surface area contributed by atoms with Gasteiger partial charge in [-0.05, 0) is 37.3 Å². The van der Waals surface area contributed by atoms with E-state index in [1.165, 1.54) is 0 Å². The number of rotatable bonds is 9. The van der Waals surface area contributed by atoms with Crippen molar-refractivity contribution in [2.45, 2.75) is 55.9 Å². The first-order valence-corrected chi connectivity index (χ1v) is 13.8. The van der Waals surface area contributed by atoms with Gasteiger partial charge in [0.05, 0.1) is 10.6 Å². The lowest BCUT2D eigenvalue weighted by Gasteiger charge is -2.36. The normalized spacial score (nSPS) is 17.8. The van der Waals surface area contributed by atoms with Crippen molar-refractivity contribution in [3.8, 4) is 5.75 Å². The second kappa shape index (κ2) is 11.1. The molecule has 176 valence electrons. The molecule has 0 bridgehead atoms. The van der Waals surface area contributed by atoms with E-state index in [1.807, 2.05) is 11.3 Å². The molecule has 7 nitrogen and oxygen atoms in total. The molecule has 2 N–H and O–H groups in total. The van der Waals surface area contributed by atoms with Gasteiger partial charge in [-0.1, -0.05) is 61.7 Å². The van der Waals surface area contributed by atoms with Crippen LogP contribution in [0.1, 0.15) is 45.1 Å². The molecule has 0 radical (unpaired) electrons. The molecule has 33 heavy (non-hydrogen) atoms. The highest BCUT2D eigenvalue weighted by Crippen LogP contribution is 2.36. The number of amidine groups is 1. The van der Waals surface area contributed by atoms with Gasteiger partial charge in [-0.2, -0.15) is 0 Å². The molecule has 1 aromatic carbocycles. The Hall–Kier alpha value is -1.81. The predicted molar refractivity (Wildman–Crippen MR) is 138 cm³/mol. The van der Waals surface area contributed by atoms with Crippen LogP contribution < -0.4 is 15.5 Å². The fourth-order valence-corrected chi connectivity index (χ4v) is 5.47. The molecule has 2 aromatic rings. The van der Waals surface area contributed by atoms with E-state index < -0.39 is 0 Å². The molecule has 2 aliphatic rings. The minimum atomic E-state index is 0.00404. The predicted octanol–water partition coefficient (Wildman–Crippen LogP) is 6.39. The highest BCUT2D eigenvalue weighted by molar-refractivity contribution is 7.99. The summed E-state index contributed by atoms with van der Waals surface area (Å²) in [5.74, 6) is 3.69. The number of unbranched alkanes of at least 4 members (excludes halogenated alkanes) is 1. The van der Waals surface area contributed by atoms with Gasteiger partial charge >= 0.3 is 0 Å². The molecule has 1 unspecified atom stereocenters. The fourth-order valence-electron chi connectivity index (χ4n) is 3.46. The number of ether oxygens (including phenoxy) is 1. The van der Waals surface area contributed by atoms with Gasteiger partial charge in [0.2, 0.25) is 0 Å². The van der Waals surface area contributed by atoms with E-state index in [1.54, 1.807) is 48.0 Å². The summed E-state index contributed by atoms with van der Waals surface area (Å²) in [6.45, 7) is 4.35. The summed E-state index contributed by atoms with van der Waals surface area (Å²) in [6.07, 6.45) is 7.80. The van der Waals surface area contributed by atoms with Crippen LogP contribution in [-0.4, -0.2) is 39.0 Å². The van der Waals surface area contributed by atoms with E-state index >= 15 is 0 Å². The zero-order chi connectivity index (χ0) is 23.4. The maximum Gasteiger partial charge on any atom is 0.190 e. The van der Waals surface area contributed by atoms with Crippen molar-refractivity contribution >= 4 is 58.4 Å². The largest absolute Gasteiger partial charge is 0.460 e. The van der Waals surface area contributed by atoms with Crippen molar-refractivity contribution in [3.63, 3.8) is 0 Å². The first kappa shape index (κ1) is 24.3. The Kier molecular flexibility index (Phi) is 8.16. The fraction of sp³-hybridized carbons (Fsp3) is 0.409. The Bertz CT molecular complexity index is 1080. The molecule has 3 heterocycles. The molecule has 0 amide bonds. The molecule has 11 heteroatoms. The van der Waals surface area contributed by atoms with E-state index in [4.69, 9.17) is 42.9 Å². The van der Waals surface area contributed by atoms with Crippen molar-refractivity contribution < 1.29 is 4.74 Å². The van der Waals surface area contributed by atoms with Gasteiger partial charge in [0.25, 0.3) is 0 Å². The number of hydrogen-bond donors (Lipinski definition) is 2. The number of nitrogens with one attached hydrogen (secondary N) is 2. The minimum Gasteiger partial charge on any atom is -0.460 e. The minimum absolute atomic E-state index is 0.00404. The van der Waals surface area contributed by atoms with Crippen molar-refractivity contribution in [2.24, 2.45) is 4.99 Å². The van der Waals surface area contributed by atoms with E-state index in [0.717, 1.165) is 58.8 Å². The number of hydrazine groups is 1. The van der Waals surface area contributed by atoms with Crippen LogP contribution in [0.25, 0.3) is 0 Å². The molecule has 0 saturated heterocycles. The van der Waals surface area contributed by atoms with Gasteiger partial charge in [-0.3, -0.25) is 5.43 Å². The van der Waals surface area contributed by atoms with Crippen LogP contribution in [0.4, 0.5) is 5.82 Å². The van der Waals surface area contributed by atoms with E-state index in [0.29, 0.717) is 21.6 Å². The number of aromatic nitrogens is 2. The molecule has 0 spiro atoms. The van der Waals surface area contributed by atoms with E-state index in [9.17, 15) is 0 Å². The summed E-state index contributed by atoms with van der Waals surface area (Å²) < 4.78 is 5.79. The van der Waals surface area contributed by atoms with Crippen LogP contribution in [0, 0.1) is 0 Å². The Morgan fingerprint density at radius 2 is 2.06 bits per heavy atom. The smallest absolute Gasteiger partial charge is 0.190 e. The van der Waals surface area contributed by atoms with Crippen molar-refractivity contribution in [2.75, 3.05) is 17.3 Å². The highest BCUT2D eigenvalue weighted by Gasteiger charge is 2.37. The van der Waals surface area contributed by atoms with Crippen LogP contribution in [0.15, 0.2) is 45.5 Å². The lowest BCUT2D eigenvalue weighted by molar-refractivity contribution is 0.269. The van der Waals surface area contributed by atoms with E-state index in [2.05, 4.69) is 24.6 Å². The molecule has 4 rings (SSSR count). The summed E-state index contributed by atoms with van der Waals surface area (Å²) in [4.78, 5) is 14.5. The number of halogens is 2. The number of benzene rings is 1. The Labute approximate surface area is 212 Å². The Morgan fingerprint density at radius 1 is 1.21 bits per heavy atom. The lowest BCUT2D eigenvalue weighted by Crippen LogP contribution is -2.52. The number of nitrogens with zero attached hydrogens (tertiary/aromatic N) is 4. The summed E-state index contributed by atoms with van der Waals surface area (Å²) in [7, 11) is 0. The maximum absolute atomic E-state index is 6.23. The monoisotopic (exact) mass is 524 g/mol. The summed E-state index contributed by atoms with van der Waals surface area (Å²) in [5, 5.41) is 8.29. The Morgan fingerprint density at radius 3 is 2.79 bits per heavy atom. The number of aliphatic imine (C=N–C) groups is 1. The van der Waals surface area contributed by atoms with Crippen LogP contribution >= 0.6 is 46.7 Å². The second-order valence-electron chi connectivity index (χ2n) is 7.50. The third-order valence-electron chi connectivity index (χ3n) is 5.06. The number of anilines is 1. The standard InChI is InChI=1S/C22H26Cl2N6OS2/c1-4-6-10-33-22-27-19-18(21(28-22)32-3)20-25-16(29-30(20)17(26-19)7-5-2)12-31-15-9-8-13(23)11-14(15)24/h8-9,11-12,17,29H,4-7,10H2,1-3H3,(H,26,27,28). The first-order valence-electron chi connectivity index (χ1n) is 10.9. The van der Waals surface area contributed by atoms with E-state index in [-0.39, 0.29) is 6.17 Å². The summed E-state index contributed by atoms with van der Waals surface area (Å²) in [6, 6.07) is 5.10. The van der Waals surface area contributed by atoms with Crippen LogP contribution in [0.2, 0.25) is 10.0 Å².